The van der Waals surface area contributed by atoms with Crippen molar-refractivity contribution < 1.29 is 19.1 Å². The molecule has 0 bridgehead atoms. The van der Waals surface area contributed by atoms with Crippen LogP contribution in [0.25, 0.3) is 11.0 Å². The zero-order chi connectivity index (χ0) is 20.8. The lowest BCUT2D eigenvalue weighted by atomic mass is 10.1. The van der Waals surface area contributed by atoms with E-state index in [4.69, 9.17) is 9.47 Å². The first kappa shape index (κ1) is 20.4. The predicted molar refractivity (Wildman–Crippen MR) is 110 cm³/mol. The number of fused-ring (bicyclic) bond motifs is 1. The minimum atomic E-state index is -0.213. The second-order valence-electron chi connectivity index (χ2n) is 6.80. The molecule has 0 saturated heterocycles. The van der Waals surface area contributed by atoms with Crippen molar-refractivity contribution in [2.24, 2.45) is 0 Å². The average Bonchev–Trinajstić information content (AvgIpc) is 3.15. The molecule has 1 amide bonds. The number of aromatic nitrogens is 2. The number of rotatable bonds is 9. The zero-order valence-electron chi connectivity index (χ0n) is 16.8. The molecule has 3 rings (SSSR count). The monoisotopic (exact) mass is 395 g/mol. The van der Waals surface area contributed by atoms with Crippen molar-refractivity contribution in [3.05, 3.63) is 53.9 Å². The van der Waals surface area contributed by atoms with Crippen LogP contribution in [0, 0.1) is 0 Å². The molecule has 29 heavy (non-hydrogen) atoms. The Morgan fingerprint density at radius 2 is 1.97 bits per heavy atom. The standard InChI is InChI=1S/C22H25N3O4/c1-14(22-24-17-7-4-5-8-18(17)25-22)23-21(27)9-6-12-29-19-11-10-16(15(2)26)13-20(19)28-3/h4-5,7-8,10-11,13-14H,6,9,12H2,1-3H3,(H,23,27)(H,24,25). The summed E-state index contributed by atoms with van der Waals surface area (Å²) in [5.74, 6) is 1.67. The molecule has 0 spiro atoms. The number of methoxy groups -OCH3 is 1. The molecule has 1 unspecified atom stereocenters. The van der Waals surface area contributed by atoms with E-state index in [-0.39, 0.29) is 17.7 Å². The molecule has 2 aromatic carbocycles. The number of para-hydroxylation sites is 2. The van der Waals surface area contributed by atoms with Crippen molar-refractivity contribution in [1.29, 1.82) is 0 Å². The maximum atomic E-state index is 12.2. The number of aromatic amines is 1. The third-order valence-electron chi connectivity index (χ3n) is 4.57. The Labute approximate surface area is 169 Å². The highest BCUT2D eigenvalue weighted by atomic mass is 16.5. The van der Waals surface area contributed by atoms with Gasteiger partial charge in [-0.1, -0.05) is 12.1 Å². The fourth-order valence-electron chi connectivity index (χ4n) is 2.98. The number of nitrogens with zero attached hydrogens (tertiary/aromatic N) is 1. The van der Waals surface area contributed by atoms with Crippen LogP contribution in [0.5, 0.6) is 11.5 Å². The molecule has 2 N–H and O–H groups in total. The molecule has 3 aromatic rings. The minimum absolute atomic E-state index is 0.0369. The quantitative estimate of drug-likeness (QED) is 0.424. The minimum Gasteiger partial charge on any atom is -0.493 e. The van der Waals surface area contributed by atoms with E-state index in [1.54, 1.807) is 18.2 Å². The van der Waals surface area contributed by atoms with Gasteiger partial charge in [0.05, 0.1) is 30.8 Å². The van der Waals surface area contributed by atoms with Crippen LogP contribution in [0.15, 0.2) is 42.5 Å². The Kier molecular flexibility index (Phi) is 6.49. The van der Waals surface area contributed by atoms with Crippen molar-refractivity contribution >= 4 is 22.7 Å². The lowest BCUT2D eigenvalue weighted by Gasteiger charge is -2.13. The van der Waals surface area contributed by atoms with E-state index in [2.05, 4.69) is 15.3 Å². The molecule has 0 radical (unpaired) electrons. The fourth-order valence-corrected chi connectivity index (χ4v) is 2.98. The normalized spacial score (nSPS) is 11.8. The number of nitrogens with one attached hydrogen (secondary N) is 2. The van der Waals surface area contributed by atoms with E-state index in [0.717, 1.165) is 16.9 Å². The number of carbonyl (C=O) groups excluding carboxylic acids is 2. The van der Waals surface area contributed by atoms with Crippen LogP contribution >= 0.6 is 0 Å². The summed E-state index contributed by atoms with van der Waals surface area (Å²) < 4.78 is 11.0. The second-order valence-corrected chi connectivity index (χ2v) is 6.80. The number of H-pyrrole nitrogens is 1. The van der Waals surface area contributed by atoms with Crippen molar-refractivity contribution in [3.63, 3.8) is 0 Å². The third-order valence-corrected chi connectivity index (χ3v) is 4.57. The van der Waals surface area contributed by atoms with Gasteiger partial charge in [-0.2, -0.15) is 0 Å². The number of ether oxygens (including phenoxy) is 2. The first-order valence-electron chi connectivity index (χ1n) is 9.53. The lowest BCUT2D eigenvalue weighted by molar-refractivity contribution is -0.122. The smallest absolute Gasteiger partial charge is 0.220 e. The summed E-state index contributed by atoms with van der Waals surface area (Å²) in [5.41, 5.74) is 2.39. The van der Waals surface area contributed by atoms with Gasteiger partial charge in [0.1, 0.15) is 5.82 Å². The number of Topliss-reactive ketones (excluding diaryl/α,β-unsaturated/α-hetero) is 1. The van der Waals surface area contributed by atoms with Crippen LogP contribution in [-0.2, 0) is 4.79 Å². The van der Waals surface area contributed by atoms with Gasteiger partial charge in [0.15, 0.2) is 17.3 Å². The number of hydrogen-bond acceptors (Lipinski definition) is 5. The van der Waals surface area contributed by atoms with Crippen molar-refractivity contribution in [1.82, 2.24) is 15.3 Å². The Morgan fingerprint density at radius 3 is 2.69 bits per heavy atom. The molecular formula is C22H25N3O4. The molecule has 1 atom stereocenters. The van der Waals surface area contributed by atoms with Gasteiger partial charge in [0.2, 0.25) is 5.91 Å². The Bertz CT molecular complexity index is 979. The van der Waals surface area contributed by atoms with Gasteiger partial charge in [-0.25, -0.2) is 4.98 Å². The van der Waals surface area contributed by atoms with Crippen molar-refractivity contribution in [2.75, 3.05) is 13.7 Å². The highest BCUT2D eigenvalue weighted by Crippen LogP contribution is 2.28. The number of hydrogen-bond donors (Lipinski definition) is 2. The van der Waals surface area contributed by atoms with E-state index in [1.807, 2.05) is 31.2 Å². The summed E-state index contributed by atoms with van der Waals surface area (Å²) >= 11 is 0. The van der Waals surface area contributed by atoms with Gasteiger partial charge in [0, 0.05) is 12.0 Å². The molecule has 0 aliphatic carbocycles. The van der Waals surface area contributed by atoms with E-state index in [1.165, 1.54) is 14.0 Å². The number of ketones is 1. The Hall–Kier alpha value is -3.35. The van der Waals surface area contributed by atoms with Gasteiger partial charge >= 0.3 is 0 Å². The van der Waals surface area contributed by atoms with Crippen LogP contribution in [0.1, 0.15) is 48.9 Å². The molecule has 0 aliphatic heterocycles. The number of imidazole rings is 1. The van der Waals surface area contributed by atoms with Crippen LogP contribution in [0.3, 0.4) is 0 Å². The lowest BCUT2D eigenvalue weighted by Crippen LogP contribution is -2.27. The summed E-state index contributed by atoms with van der Waals surface area (Å²) in [6, 6.07) is 12.6. The van der Waals surface area contributed by atoms with Crippen molar-refractivity contribution in [2.45, 2.75) is 32.7 Å². The molecule has 0 saturated carbocycles. The molecular weight excluding hydrogens is 370 g/mol. The van der Waals surface area contributed by atoms with E-state index >= 15 is 0 Å². The van der Waals surface area contributed by atoms with E-state index in [0.29, 0.717) is 36.5 Å². The molecule has 0 aliphatic rings. The molecule has 1 aromatic heterocycles. The number of amides is 1. The second kappa shape index (κ2) is 9.23. The van der Waals surface area contributed by atoms with E-state index in [9.17, 15) is 9.59 Å². The van der Waals surface area contributed by atoms with Gasteiger partial charge < -0.3 is 19.8 Å². The van der Waals surface area contributed by atoms with Crippen molar-refractivity contribution in [3.8, 4) is 11.5 Å². The molecule has 7 nitrogen and oxygen atoms in total. The first-order chi connectivity index (χ1) is 14.0. The zero-order valence-corrected chi connectivity index (χ0v) is 16.8. The predicted octanol–water partition coefficient (Wildman–Crippen LogP) is 3.81. The molecule has 7 heteroatoms. The van der Waals surface area contributed by atoms with Gasteiger partial charge in [-0.3, -0.25) is 9.59 Å². The number of carbonyl (C=O) groups is 2. The summed E-state index contributed by atoms with van der Waals surface area (Å²) in [5, 5.41) is 2.95. The van der Waals surface area contributed by atoms with Crippen LogP contribution in [0.2, 0.25) is 0 Å². The fraction of sp³-hybridized carbons (Fsp3) is 0.318. The van der Waals surface area contributed by atoms with Gasteiger partial charge in [-0.05, 0) is 50.6 Å². The summed E-state index contributed by atoms with van der Waals surface area (Å²) in [6.07, 6.45) is 0.884. The largest absolute Gasteiger partial charge is 0.493 e. The molecule has 152 valence electrons. The third kappa shape index (κ3) is 5.13. The van der Waals surface area contributed by atoms with E-state index < -0.39 is 0 Å². The number of benzene rings is 2. The first-order valence-corrected chi connectivity index (χ1v) is 9.53. The highest BCUT2D eigenvalue weighted by Gasteiger charge is 2.14. The highest BCUT2D eigenvalue weighted by molar-refractivity contribution is 5.94. The summed E-state index contributed by atoms with van der Waals surface area (Å²) in [6.45, 7) is 3.76. The van der Waals surface area contributed by atoms with Crippen LogP contribution in [-0.4, -0.2) is 35.4 Å². The van der Waals surface area contributed by atoms with Gasteiger partial charge in [-0.15, -0.1) is 0 Å². The Balaban J connectivity index is 1.47. The van der Waals surface area contributed by atoms with Gasteiger partial charge in [0.25, 0.3) is 0 Å². The maximum Gasteiger partial charge on any atom is 0.220 e. The summed E-state index contributed by atoms with van der Waals surface area (Å²) in [4.78, 5) is 31.4. The molecule has 1 heterocycles. The maximum absolute atomic E-state index is 12.2. The average molecular weight is 395 g/mol. The van der Waals surface area contributed by atoms with Crippen LogP contribution in [0.4, 0.5) is 0 Å². The molecule has 0 fully saturated rings. The Morgan fingerprint density at radius 1 is 1.17 bits per heavy atom. The topological polar surface area (TPSA) is 93.3 Å². The summed E-state index contributed by atoms with van der Waals surface area (Å²) in [7, 11) is 1.53. The SMILES string of the molecule is COc1cc(C(C)=O)ccc1OCCCC(=O)NC(C)c1nc2ccccc2[nH]1. The van der Waals surface area contributed by atoms with Crippen LogP contribution < -0.4 is 14.8 Å².